The van der Waals surface area contributed by atoms with Crippen molar-refractivity contribution < 1.29 is 28.6 Å². The van der Waals surface area contributed by atoms with E-state index in [-0.39, 0.29) is 24.0 Å². The first-order valence-electron chi connectivity index (χ1n) is 11.4. The van der Waals surface area contributed by atoms with Gasteiger partial charge in [-0.05, 0) is 70.5 Å². The molecule has 2 aliphatic rings. The molecule has 0 aliphatic carbocycles. The van der Waals surface area contributed by atoms with Gasteiger partial charge in [0.25, 0.3) is 11.1 Å². The summed E-state index contributed by atoms with van der Waals surface area (Å²) >= 11 is 16.5. The number of rotatable bonds is 8. The largest absolute Gasteiger partial charge is 0.490 e. The quantitative estimate of drug-likeness (QED) is 0.350. The minimum Gasteiger partial charge on any atom is -0.490 e. The first-order valence-corrected chi connectivity index (χ1v) is 13.8. The lowest BCUT2D eigenvalue weighted by atomic mass is 10.1. The molecule has 2 fully saturated rings. The first-order chi connectivity index (χ1) is 17.8. The zero-order valence-corrected chi connectivity index (χ0v) is 23.7. The van der Waals surface area contributed by atoms with Crippen molar-refractivity contribution in [2.45, 2.75) is 13.5 Å². The van der Waals surface area contributed by atoms with Crippen LogP contribution < -0.4 is 9.47 Å². The molecule has 0 atom stereocenters. The van der Waals surface area contributed by atoms with Crippen molar-refractivity contribution >= 4 is 74.0 Å². The minimum atomic E-state index is -0.511. The number of carbonyl (C=O) groups excluding carboxylic acids is 3. The van der Waals surface area contributed by atoms with E-state index in [4.69, 9.17) is 37.4 Å². The van der Waals surface area contributed by atoms with Gasteiger partial charge in [-0.1, -0.05) is 29.3 Å². The fourth-order valence-electron chi connectivity index (χ4n) is 3.70. The van der Waals surface area contributed by atoms with Gasteiger partial charge in [-0.15, -0.1) is 0 Å². The second-order valence-electron chi connectivity index (χ2n) is 8.05. The number of amides is 3. The Morgan fingerprint density at radius 1 is 1.16 bits per heavy atom. The van der Waals surface area contributed by atoms with E-state index in [1.54, 1.807) is 41.3 Å². The summed E-state index contributed by atoms with van der Waals surface area (Å²) in [5.74, 6) is 0.128. The van der Waals surface area contributed by atoms with Gasteiger partial charge in [0.2, 0.25) is 5.91 Å². The average molecular weight is 630 g/mol. The summed E-state index contributed by atoms with van der Waals surface area (Å²) in [6, 6.07) is 8.64. The number of morpholine rings is 1. The van der Waals surface area contributed by atoms with Crippen LogP contribution in [0.25, 0.3) is 6.08 Å². The molecule has 2 aromatic rings. The molecular weight excluding hydrogens is 607 g/mol. The van der Waals surface area contributed by atoms with Gasteiger partial charge in [0.15, 0.2) is 11.5 Å². The van der Waals surface area contributed by atoms with Crippen molar-refractivity contribution in [3.63, 3.8) is 0 Å². The van der Waals surface area contributed by atoms with E-state index in [2.05, 4.69) is 15.9 Å². The number of thioether (sulfide) groups is 1. The van der Waals surface area contributed by atoms with E-state index in [1.807, 2.05) is 6.92 Å². The smallest absolute Gasteiger partial charge is 0.294 e. The van der Waals surface area contributed by atoms with Gasteiger partial charge in [-0.3, -0.25) is 19.3 Å². The molecule has 0 saturated carbocycles. The molecule has 2 heterocycles. The lowest BCUT2D eigenvalue weighted by Crippen LogP contribution is -2.46. The van der Waals surface area contributed by atoms with Crippen LogP contribution in [0.5, 0.6) is 11.5 Å². The Hall–Kier alpha value is -2.24. The van der Waals surface area contributed by atoms with Gasteiger partial charge >= 0.3 is 0 Å². The molecule has 0 spiro atoms. The molecule has 196 valence electrons. The third kappa shape index (κ3) is 6.80. The van der Waals surface area contributed by atoms with E-state index in [0.29, 0.717) is 64.5 Å². The van der Waals surface area contributed by atoms with Gasteiger partial charge in [-0.2, -0.15) is 0 Å². The predicted octanol–water partition coefficient (Wildman–Crippen LogP) is 5.63. The van der Waals surface area contributed by atoms with Gasteiger partial charge in [0.05, 0.1) is 29.2 Å². The minimum absolute atomic E-state index is 0.185. The Labute approximate surface area is 236 Å². The Kier molecular flexibility index (Phi) is 9.41. The van der Waals surface area contributed by atoms with Gasteiger partial charge < -0.3 is 19.1 Å². The highest BCUT2D eigenvalue weighted by Crippen LogP contribution is 2.40. The maximum atomic E-state index is 12.9. The topological polar surface area (TPSA) is 85.4 Å². The number of nitrogens with zero attached hydrogens (tertiary/aromatic N) is 2. The van der Waals surface area contributed by atoms with E-state index >= 15 is 0 Å². The van der Waals surface area contributed by atoms with Crippen molar-refractivity contribution in [1.82, 2.24) is 9.80 Å². The molecule has 2 aromatic carbocycles. The predicted molar refractivity (Wildman–Crippen MR) is 146 cm³/mol. The van der Waals surface area contributed by atoms with Gasteiger partial charge in [-0.25, -0.2) is 0 Å². The Morgan fingerprint density at radius 2 is 1.92 bits per heavy atom. The number of ether oxygens (including phenoxy) is 3. The van der Waals surface area contributed by atoms with E-state index < -0.39 is 11.1 Å². The summed E-state index contributed by atoms with van der Waals surface area (Å²) in [6.45, 7) is 3.88. The van der Waals surface area contributed by atoms with E-state index in [1.165, 1.54) is 0 Å². The molecule has 0 bridgehead atoms. The number of hydrogen-bond donors (Lipinski definition) is 0. The van der Waals surface area contributed by atoms with Crippen LogP contribution in [0, 0.1) is 0 Å². The summed E-state index contributed by atoms with van der Waals surface area (Å²) in [5.41, 5.74) is 1.38. The van der Waals surface area contributed by atoms with Crippen LogP contribution in [0.3, 0.4) is 0 Å². The van der Waals surface area contributed by atoms with Crippen molar-refractivity contribution in [3.8, 4) is 11.5 Å². The maximum absolute atomic E-state index is 12.9. The van der Waals surface area contributed by atoms with Crippen molar-refractivity contribution in [3.05, 3.63) is 60.9 Å². The molecule has 0 N–H and O–H groups in total. The van der Waals surface area contributed by atoms with E-state index in [9.17, 15) is 14.4 Å². The SMILES string of the molecule is CCOc1cc(/C=C2/SC(=O)N(CC(=O)N3CCOCC3)C2=O)cc(Br)c1OCc1ccc(Cl)cc1Cl. The number of halogens is 3. The van der Waals surface area contributed by atoms with Crippen LogP contribution >= 0.6 is 50.9 Å². The normalized spacial score (nSPS) is 17.0. The summed E-state index contributed by atoms with van der Waals surface area (Å²) in [7, 11) is 0. The third-order valence-corrected chi connectivity index (χ3v) is 7.63. The zero-order chi connectivity index (χ0) is 26.5. The molecule has 2 aliphatic heterocycles. The number of hydrogen-bond acceptors (Lipinski definition) is 7. The number of imide groups is 1. The van der Waals surface area contributed by atoms with Crippen LogP contribution in [-0.2, 0) is 20.9 Å². The fourth-order valence-corrected chi connectivity index (χ4v) is 5.57. The summed E-state index contributed by atoms with van der Waals surface area (Å²) in [5, 5.41) is 0.534. The molecule has 37 heavy (non-hydrogen) atoms. The Bertz CT molecular complexity index is 1250. The van der Waals surface area contributed by atoms with Crippen LogP contribution in [-0.4, -0.2) is 66.3 Å². The number of carbonyl (C=O) groups is 3. The molecule has 12 heteroatoms. The summed E-state index contributed by atoms with van der Waals surface area (Å²) in [4.78, 5) is 40.8. The van der Waals surface area contributed by atoms with Crippen molar-refractivity contribution in [1.29, 1.82) is 0 Å². The van der Waals surface area contributed by atoms with Crippen LogP contribution in [0.2, 0.25) is 10.0 Å². The first kappa shape index (κ1) is 27.8. The molecular formula is C25H23BrCl2N2O6S. The molecule has 0 aromatic heterocycles. The van der Waals surface area contributed by atoms with Gasteiger partial charge in [0.1, 0.15) is 13.2 Å². The second-order valence-corrected chi connectivity index (χ2v) is 10.7. The van der Waals surface area contributed by atoms with E-state index in [0.717, 1.165) is 22.2 Å². The zero-order valence-electron chi connectivity index (χ0n) is 19.8. The Morgan fingerprint density at radius 3 is 2.62 bits per heavy atom. The molecule has 8 nitrogen and oxygen atoms in total. The second kappa shape index (κ2) is 12.5. The van der Waals surface area contributed by atoms with Crippen LogP contribution in [0.1, 0.15) is 18.1 Å². The highest BCUT2D eigenvalue weighted by Gasteiger charge is 2.37. The van der Waals surface area contributed by atoms with Crippen LogP contribution in [0.4, 0.5) is 4.79 Å². The van der Waals surface area contributed by atoms with Crippen molar-refractivity contribution in [2.24, 2.45) is 0 Å². The van der Waals surface area contributed by atoms with Gasteiger partial charge in [0, 0.05) is 28.7 Å². The maximum Gasteiger partial charge on any atom is 0.294 e. The Balaban J connectivity index is 1.51. The third-order valence-electron chi connectivity index (χ3n) is 5.55. The summed E-state index contributed by atoms with van der Waals surface area (Å²) < 4.78 is 17.6. The molecule has 0 radical (unpaired) electrons. The average Bonchev–Trinajstić information content (AvgIpc) is 3.12. The molecule has 2 saturated heterocycles. The standard InChI is InChI=1S/C25H23BrCl2N2O6S/c1-2-35-20-10-15(9-18(26)23(20)36-14-16-3-4-17(27)12-19(16)28)11-21-24(32)30(25(33)37-21)13-22(31)29-5-7-34-8-6-29/h3-4,9-12H,2,5-8,13-14H2,1H3/b21-11+. The number of benzene rings is 2. The molecule has 3 amide bonds. The monoisotopic (exact) mass is 628 g/mol. The van der Waals surface area contributed by atoms with Crippen LogP contribution in [0.15, 0.2) is 39.7 Å². The lowest BCUT2D eigenvalue weighted by molar-refractivity contribution is -0.139. The molecule has 0 unspecified atom stereocenters. The highest BCUT2D eigenvalue weighted by atomic mass is 79.9. The summed E-state index contributed by atoms with van der Waals surface area (Å²) in [6.07, 6.45) is 1.59. The van der Waals surface area contributed by atoms with Crippen molar-refractivity contribution in [2.75, 3.05) is 39.5 Å². The fraction of sp³-hybridized carbons (Fsp3) is 0.320. The lowest BCUT2D eigenvalue weighted by Gasteiger charge is -2.28. The molecule has 4 rings (SSSR count). The highest BCUT2D eigenvalue weighted by molar-refractivity contribution is 9.10.